The van der Waals surface area contributed by atoms with Gasteiger partial charge in [0, 0.05) is 13.7 Å². The summed E-state index contributed by atoms with van der Waals surface area (Å²) >= 11 is 0. The van der Waals surface area contributed by atoms with Gasteiger partial charge in [-0.3, -0.25) is 4.79 Å². The molecule has 0 unspecified atom stereocenters. The van der Waals surface area contributed by atoms with Gasteiger partial charge in [0.15, 0.2) is 5.78 Å². The molecule has 1 aliphatic carbocycles. The highest BCUT2D eigenvalue weighted by atomic mass is 16.5. The third kappa shape index (κ3) is 2.24. The summed E-state index contributed by atoms with van der Waals surface area (Å²) in [6.07, 6.45) is 5.63. The van der Waals surface area contributed by atoms with Crippen LogP contribution in [0.4, 0.5) is 0 Å². The van der Waals surface area contributed by atoms with E-state index in [9.17, 15) is 4.79 Å². The van der Waals surface area contributed by atoms with Crippen molar-refractivity contribution in [3.05, 3.63) is 12.2 Å². The summed E-state index contributed by atoms with van der Waals surface area (Å²) in [5.74, 6) is 0.876. The summed E-state index contributed by atoms with van der Waals surface area (Å²) in [5.41, 5.74) is -0.565. The second-order valence-electron chi connectivity index (χ2n) is 4.50. The minimum atomic E-state index is -0.565. The van der Waals surface area contributed by atoms with Crippen LogP contribution >= 0.6 is 0 Å². The molecule has 0 saturated heterocycles. The zero-order valence-electron chi connectivity index (χ0n) is 10.5. The molecule has 0 atom stereocenters. The molecule has 1 aliphatic rings. The molecular formula is C12H19N3O2. The lowest BCUT2D eigenvalue weighted by atomic mass is 9.94. The second-order valence-corrected chi connectivity index (χ2v) is 4.50. The van der Waals surface area contributed by atoms with E-state index < -0.39 is 5.60 Å². The number of carbonyl (C=O) groups is 1. The van der Waals surface area contributed by atoms with Crippen LogP contribution < -0.4 is 0 Å². The smallest absolute Gasteiger partial charge is 0.172 e. The van der Waals surface area contributed by atoms with Crippen LogP contribution in [-0.2, 0) is 22.5 Å². The molecule has 1 heterocycles. The predicted octanol–water partition coefficient (Wildman–Crippen LogP) is 1.37. The highest BCUT2D eigenvalue weighted by Gasteiger charge is 2.41. The van der Waals surface area contributed by atoms with Crippen LogP contribution in [0, 0.1) is 0 Å². The Morgan fingerprint density at radius 3 is 2.82 bits per heavy atom. The minimum absolute atomic E-state index is 0.139. The van der Waals surface area contributed by atoms with Gasteiger partial charge in [0.05, 0.1) is 6.42 Å². The monoisotopic (exact) mass is 237 g/mol. The van der Waals surface area contributed by atoms with Crippen molar-refractivity contribution in [3.63, 3.8) is 0 Å². The van der Waals surface area contributed by atoms with Gasteiger partial charge < -0.3 is 4.74 Å². The first-order valence-electron chi connectivity index (χ1n) is 6.17. The Bertz CT molecular complexity index is 394. The van der Waals surface area contributed by atoms with E-state index >= 15 is 0 Å². The lowest BCUT2D eigenvalue weighted by molar-refractivity contribution is -0.139. The zero-order valence-corrected chi connectivity index (χ0v) is 10.5. The molecule has 0 spiro atoms. The average molecular weight is 237 g/mol. The molecule has 5 nitrogen and oxygen atoms in total. The zero-order chi connectivity index (χ0) is 12.3. The molecule has 0 bridgehead atoms. The standard InChI is InChI=1S/C12H19N3O2/c1-3-15-11(13-9-14-15)8-10(16)12(17-2)6-4-5-7-12/h9H,3-8H2,1-2H3. The molecule has 0 aromatic carbocycles. The molecule has 0 amide bonds. The fourth-order valence-corrected chi connectivity index (χ4v) is 2.54. The van der Waals surface area contributed by atoms with Crippen LogP contribution in [0.25, 0.3) is 0 Å². The van der Waals surface area contributed by atoms with Gasteiger partial charge in [-0.25, -0.2) is 9.67 Å². The number of aryl methyl sites for hydroxylation is 1. The Kier molecular flexibility index (Phi) is 3.57. The summed E-state index contributed by atoms with van der Waals surface area (Å²) in [4.78, 5) is 16.5. The SMILES string of the molecule is CCn1ncnc1CC(=O)C1(OC)CCCC1. The number of nitrogens with zero attached hydrogens (tertiary/aromatic N) is 3. The molecule has 5 heteroatoms. The Morgan fingerprint density at radius 2 is 2.24 bits per heavy atom. The van der Waals surface area contributed by atoms with Gasteiger partial charge in [0.25, 0.3) is 0 Å². The van der Waals surface area contributed by atoms with E-state index in [0.717, 1.165) is 38.1 Å². The molecule has 0 radical (unpaired) electrons. The molecule has 2 rings (SSSR count). The van der Waals surface area contributed by atoms with Crippen molar-refractivity contribution in [1.29, 1.82) is 0 Å². The summed E-state index contributed by atoms with van der Waals surface area (Å²) in [7, 11) is 1.63. The number of Topliss-reactive ketones (excluding diaryl/α,β-unsaturated/α-hetero) is 1. The van der Waals surface area contributed by atoms with Crippen LogP contribution in [0.2, 0.25) is 0 Å². The van der Waals surface area contributed by atoms with E-state index in [1.54, 1.807) is 11.8 Å². The third-order valence-corrected chi connectivity index (χ3v) is 3.62. The second kappa shape index (κ2) is 4.96. The van der Waals surface area contributed by atoms with Gasteiger partial charge in [-0.05, 0) is 32.6 Å². The molecular weight excluding hydrogens is 218 g/mol. The first-order valence-corrected chi connectivity index (χ1v) is 6.17. The van der Waals surface area contributed by atoms with E-state index in [-0.39, 0.29) is 5.78 Å². The molecule has 17 heavy (non-hydrogen) atoms. The van der Waals surface area contributed by atoms with Crippen LogP contribution in [0.1, 0.15) is 38.4 Å². The van der Waals surface area contributed by atoms with Gasteiger partial charge in [-0.15, -0.1) is 0 Å². The Hall–Kier alpha value is -1.23. The molecule has 1 saturated carbocycles. The van der Waals surface area contributed by atoms with E-state index in [1.807, 2.05) is 6.92 Å². The fourth-order valence-electron chi connectivity index (χ4n) is 2.54. The summed E-state index contributed by atoms with van der Waals surface area (Å²) < 4.78 is 7.24. The van der Waals surface area contributed by atoms with Crippen molar-refractivity contribution in [2.75, 3.05) is 7.11 Å². The quantitative estimate of drug-likeness (QED) is 0.776. The van der Waals surface area contributed by atoms with Crippen molar-refractivity contribution < 1.29 is 9.53 Å². The maximum absolute atomic E-state index is 12.3. The predicted molar refractivity (Wildman–Crippen MR) is 62.6 cm³/mol. The number of methoxy groups -OCH3 is 1. The van der Waals surface area contributed by atoms with Gasteiger partial charge >= 0.3 is 0 Å². The van der Waals surface area contributed by atoms with Crippen molar-refractivity contribution in [1.82, 2.24) is 14.8 Å². The number of ether oxygens (including phenoxy) is 1. The number of hydrogen-bond donors (Lipinski definition) is 0. The number of ketones is 1. The topological polar surface area (TPSA) is 57.0 Å². The number of hydrogen-bond acceptors (Lipinski definition) is 4. The number of rotatable bonds is 5. The minimum Gasteiger partial charge on any atom is -0.370 e. The summed E-state index contributed by atoms with van der Waals surface area (Å²) in [5, 5.41) is 4.08. The summed E-state index contributed by atoms with van der Waals surface area (Å²) in [6.45, 7) is 2.73. The van der Waals surface area contributed by atoms with Crippen molar-refractivity contribution >= 4 is 5.78 Å². The molecule has 1 aromatic heterocycles. The normalized spacial score (nSPS) is 18.5. The van der Waals surface area contributed by atoms with Crippen LogP contribution in [-0.4, -0.2) is 33.3 Å². The van der Waals surface area contributed by atoms with Crippen molar-refractivity contribution in [2.24, 2.45) is 0 Å². The van der Waals surface area contributed by atoms with Gasteiger partial charge in [0.2, 0.25) is 0 Å². The highest BCUT2D eigenvalue weighted by Crippen LogP contribution is 2.34. The van der Waals surface area contributed by atoms with E-state index in [0.29, 0.717) is 6.42 Å². The van der Waals surface area contributed by atoms with Gasteiger partial charge in [-0.2, -0.15) is 5.10 Å². The van der Waals surface area contributed by atoms with Crippen molar-refractivity contribution in [2.45, 2.75) is 51.2 Å². The Balaban J connectivity index is 2.10. The molecule has 0 N–H and O–H groups in total. The van der Waals surface area contributed by atoms with Gasteiger partial charge in [0.1, 0.15) is 17.8 Å². The molecule has 1 aromatic rings. The number of carbonyl (C=O) groups excluding carboxylic acids is 1. The molecule has 1 fully saturated rings. The highest BCUT2D eigenvalue weighted by molar-refractivity contribution is 5.89. The Morgan fingerprint density at radius 1 is 1.53 bits per heavy atom. The third-order valence-electron chi connectivity index (χ3n) is 3.62. The average Bonchev–Trinajstić information content (AvgIpc) is 2.97. The van der Waals surface area contributed by atoms with Crippen LogP contribution in [0.3, 0.4) is 0 Å². The lowest BCUT2D eigenvalue weighted by Gasteiger charge is -2.25. The van der Waals surface area contributed by atoms with E-state index in [4.69, 9.17) is 4.74 Å². The van der Waals surface area contributed by atoms with Gasteiger partial charge in [-0.1, -0.05) is 0 Å². The van der Waals surface area contributed by atoms with E-state index in [2.05, 4.69) is 10.1 Å². The van der Waals surface area contributed by atoms with Crippen LogP contribution in [0.5, 0.6) is 0 Å². The Labute approximate surface area is 101 Å². The van der Waals surface area contributed by atoms with E-state index in [1.165, 1.54) is 6.33 Å². The summed E-state index contributed by atoms with van der Waals surface area (Å²) in [6, 6.07) is 0. The largest absolute Gasteiger partial charge is 0.370 e. The maximum Gasteiger partial charge on any atom is 0.172 e. The van der Waals surface area contributed by atoms with Crippen molar-refractivity contribution in [3.8, 4) is 0 Å². The first kappa shape index (κ1) is 12.2. The lowest BCUT2D eigenvalue weighted by Crippen LogP contribution is -2.39. The number of aromatic nitrogens is 3. The molecule has 0 aliphatic heterocycles. The maximum atomic E-state index is 12.3. The fraction of sp³-hybridized carbons (Fsp3) is 0.750. The molecule has 94 valence electrons. The first-order chi connectivity index (χ1) is 8.22. The van der Waals surface area contributed by atoms with Crippen LogP contribution in [0.15, 0.2) is 6.33 Å².